The summed E-state index contributed by atoms with van der Waals surface area (Å²) in [6.07, 6.45) is 2.99. The zero-order valence-electron chi connectivity index (χ0n) is 13.2. The molecule has 2 heterocycles. The third-order valence-electron chi connectivity index (χ3n) is 4.07. The van der Waals surface area contributed by atoms with Crippen molar-refractivity contribution in [2.24, 2.45) is 13.0 Å². The average molecular weight is 389 g/mol. The van der Waals surface area contributed by atoms with Gasteiger partial charge in [0.15, 0.2) is 0 Å². The van der Waals surface area contributed by atoms with Crippen LogP contribution >= 0.6 is 15.9 Å². The molecule has 0 atom stereocenters. The van der Waals surface area contributed by atoms with Gasteiger partial charge in [-0.3, -0.25) is 14.3 Å². The molecule has 6 nitrogen and oxygen atoms in total. The van der Waals surface area contributed by atoms with Crippen LogP contribution in [0, 0.1) is 5.92 Å². The molecule has 1 aliphatic heterocycles. The monoisotopic (exact) mass is 388 g/mol. The van der Waals surface area contributed by atoms with E-state index in [9.17, 15) is 9.59 Å². The van der Waals surface area contributed by atoms with E-state index in [0.717, 1.165) is 15.6 Å². The molecule has 7 heteroatoms. The summed E-state index contributed by atoms with van der Waals surface area (Å²) < 4.78 is 2.63. The van der Waals surface area contributed by atoms with Gasteiger partial charge in [-0.25, -0.2) is 0 Å². The number of aryl methyl sites for hydroxylation is 1. The quantitative estimate of drug-likeness (QED) is 0.817. The van der Waals surface area contributed by atoms with Crippen LogP contribution in [0.15, 0.2) is 47.6 Å². The maximum Gasteiger partial charge on any atom is 0.246 e. The molecular formula is C17H17BrN4O2. The molecule has 1 aromatic carbocycles. The minimum Gasteiger partial charge on any atom is -0.337 e. The van der Waals surface area contributed by atoms with Crippen LogP contribution in [-0.4, -0.2) is 39.6 Å². The Balaban J connectivity index is 1.73. The number of rotatable bonds is 4. The normalized spacial score (nSPS) is 14.2. The van der Waals surface area contributed by atoms with Crippen molar-refractivity contribution in [2.75, 3.05) is 18.4 Å². The van der Waals surface area contributed by atoms with E-state index >= 15 is 0 Å². The first-order chi connectivity index (χ1) is 11.5. The van der Waals surface area contributed by atoms with Gasteiger partial charge in [-0.2, -0.15) is 5.10 Å². The van der Waals surface area contributed by atoms with Gasteiger partial charge in [0.1, 0.15) is 5.82 Å². The van der Waals surface area contributed by atoms with Crippen molar-refractivity contribution >= 4 is 33.6 Å². The summed E-state index contributed by atoms with van der Waals surface area (Å²) in [5, 5.41) is 7.18. The molecule has 0 saturated carbocycles. The molecule has 0 radical (unpaired) electrons. The van der Waals surface area contributed by atoms with E-state index in [1.165, 1.54) is 6.08 Å². The number of likely N-dealkylation sites (tertiary alicyclic amines) is 1. The molecule has 0 aliphatic carbocycles. The molecule has 2 amide bonds. The number of anilines is 1. The molecule has 124 valence electrons. The van der Waals surface area contributed by atoms with Gasteiger partial charge in [0.05, 0.1) is 12.1 Å². The molecule has 1 N–H and O–H groups in total. The number of carbonyl (C=O) groups excluding carboxylic acids is 2. The molecule has 0 bridgehead atoms. The third kappa shape index (κ3) is 3.12. The SMILES string of the molecule is C=CC(=O)N1CC(C(=O)Nc2c(-c3ccc(Br)cc3)cnn2C)C1. The summed E-state index contributed by atoms with van der Waals surface area (Å²) in [4.78, 5) is 25.5. The summed E-state index contributed by atoms with van der Waals surface area (Å²) in [6.45, 7) is 4.29. The van der Waals surface area contributed by atoms with Gasteiger partial charge in [0.2, 0.25) is 11.8 Å². The van der Waals surface area contributed by atoms with Crippen molar-refractivity contribution in [1.82, 2.24) is 14.7 Å². The first-order valence-electron chi connectivity index (χ1n) is 7.49. The summed E-state index contributed by atoms with van der Waals surface area (Å²) in [5.41, 5.74) is 1.83. The van der Waals surface area contributed by atoms with Crippen molar-refractivity contribution in [3.63, 3.8) is 0 Å². The van der Waals surface area contributed by atoms with E-state index in [2.05, 4.69) is 32.9 Å². The Kier molecular flexibility index (Phi) is 4.53. The van der Waals surface area contributed by atoms with Crippen molar-refractivity contribution in [1.29, 1.82) is 0 Å². The third-order valence-corrected chi connectivity index (χ3v) is 4.60. The number of hydrogen-bond donors (Lipinski definition) is 1. The van der Waals surface area contributed by atoms with Gasteiger partial charge in [-0.05, 0) is 23.8 Å². The maximum atomic E-state index is 12.4. The van der Waals surface area contributed by atoms with E-state index in [1.807, 2.05) is 24.3 Å². The maximum absolute atomic E-state index is 12.4. The van der Waals surface area contributed by atoms with Crippen molar-refractivity contribution in [2.45, 2.75) is 0 Å². The van der Waals surface area contributed by atoms with Crippen LogP contribution in [0.3, 0.4) is 0 Å². The summed E-state index contributed by atoms with van der Waals surface area (Å²) in [7, 11) is 1.78. The number of nitrogens with one attached hydrogen (secondary N) is 1. The van der Waals surface area contributed by atoms with E-state index in [1.54, 1.807) is 22.8 Å². The van der Waals surface area contributed by atoms with Crippen LogP contribution in [0.5, 0.6) is 0 Å². The highest BCUT2D eigenvalue weighted by atomic mass is 79.9. The average Bonchev–Trinajstić information content (AvgIpc) is 2.87. The molecule has 1 aliphatic rings. The predicted molar refractivity (Wildman–Crippen MR) is 95.2 cm³/mol. The van der Waals surface area contributed by atoms with Crippen LogP contribution in [0.2, 0.25) is 0 Å². The molecule has 0 spiro atoms. The van der Waals surface area contributed by atoms with Crippen LogP contribution in [-0.2, 0) is 16.6 Å². The standard InChI is InChI=1S/C17H17BrN4O2/c1-3-15(23)22-9-12(10-22)17(24)20-16-14(8-19-21(16)2)11-4-6-13(18)7-5-11/h3-8,12H,1,9-10H2,2H3,(H,20,24). The molecule has 2 aromatic rings. The van der Waals surface area contributed by atoms with E-state index in [-0.39, 0.29) is 17.7 Å². The minimum atomic E-state index is -0.207. The Morgan fingerprint density at radius 3 is 2.62 bits per heavy atom. The van der Waals surface area contributed by atoms with Gasteiger partial charge >= 0.3 is 0 Å². The lowest BCUT2D eigenvalue weighted by Gasteiger charge is -2.37. The number of carbonyl (C=O) groups is 2. The molecule has 1 saturated heterocycles. The van der Waals surface area contributed by atoms with Gasteiger partial charge < -0.3 is 10.2 Å². The molecule has 1 fully saturated rings. The smallest absolute Gasteiger partial charge is 0.246 e. The number of hydrogen-bond acceptors (Lipinski definition) is 3. The highest BCUT2D eigenvalue weighted by Gasteiger charge is 2.35. The second-order valence-electron chi connectivity index (χ2n) is 5.67. The number of aromatic nitrogens is 2. The highest BCUT2D eigenvalue weighted by molar-refractivity contribution is 9.10. The van der Waals surface area contributed by atoms with Crippen LogP contribution < -0.4 is 5.32 Å². The van der Waals surface area contributed by atoms with Gasteiger partial charge in [-0.15, -0.1) is 0 Å². The van der Waals surface area contributed by atoms with Crippen molar-refractivity contribution < 1.29 is 9.59 Å². The number of nitrogens with zero attached hydrogens (tertiary/aromatic N) is 3. The molecular weight excluding hydrogens is 372 g/mol. The van der Waals surface area contributed by atoms with E-state index in [0.29, 0.717) is 18.9 Å². The summed E-state index contributed by atoms with van der Waals surface area (Å²) in [6, 6.07) is 7.81. The van der Waals surface area contributed by atoms with E-state index < -0.39 is 0 Å². The zero-order chi connectivity index (χ0) is 17.3. The zero-order valence-corrected chi connectivity index (χ0v) is 14.8. The summed E-state index contributed by atoms with van der Waals surface area (Å²) >= 11 is 3.41. The lowest BCUT2D eigenvalue weighted by molar-refractivity contribution is -0.137. The van der Waals surface area contributed by atoms with Crippen molar-refractivity contribution in [3.05, 3.63) is 47.6 Å². The van der Waals surface area contributed by atoms with Gasteiger partial charge in [0.25, 0.3) is 0 Å². The molecule has 3 rings (SSSR count). The summed E-state index contributed by atoms with van der Waals surface area (Å²) in [5.74, 6) is 0.192. The second kappa shape index (κ2) is 6.60. The predicted octanol–water partition coefficient (Wildman–Crippen LogP) is 2.43. The van der Waals surface area contributed by atoms with Gasteiger partial charge in [0, 0.05) is 30.2 Å². The lowest BCUT2D eigenvalue weighted by Crippen LogP contribution is -2.54. The molecule has 0 unspecified atom stereocenters. The minimum absolute atomic E-state index is 0.106. The second-order valence-corrected chi connectivity index (χ2v) is 6.59. The molecule has 24 heavy (non-hydrogen) atoms. The van der Waals surface area contributed by atoms with Crippen LogP contribution in [0.25, 0.3) is 11.1 Å². The molecule has 1 aromatic heterocycles. The number of amides is 2. The number of halogens is 1. The Labute approximate surface area is 148 Å². The topological polar surface area (TPSA) is 67.2 Å². The van der Waals surface area contributed by atoms with Crippen LogP contribution in [0.4, 0.5) is 5.82 Å². The fourth-order valence-electron chi connectivity index (χ4n) is 2.60. The van der Waals surface area contributed by atoms with Crippen LogP contribution in [0.1, 0.15) is 0 Å². The Hall–Kier alpha value is -2.41. The van der Waals surface area contributed by atoms with E-state index in [4.69, 9.17) is 0 Å². The lowest BCUT2D eigenvalue weighted by atomic mass is 9.99. The fourth-order valence-corrected chi connectivity index (χ4v) is 2.86. The Bertz CT molecular complexity index is 791. The van der Waals surface area contributed by atoms with Crippen molar-refractivity contribution in [3.8, 4) is 11.1 Å². The fraction of sp³-hybridized carbons (Fsp3) is 0.235. The largest absolute Gasteiger partial charge is 0.337 e. The number of benzene rings is 1. The Morgan fingerprint density at radius 1 is 1.33 bits per heavy atom. The first-order valence-corrected chi connectivity index (χ1v) is 8.29. The Morgan fingerprint density at radius 2 is 2.00 bits per heavy atom. The first kappa shape index (κ1) is 16.4. The highest BCUT2D eigenvalue weighted by Crippen LogP contribution is 2.29. The van der Waals surface area contributed by atoms with Gasteiger partial charge in [-0.1, -0.05) is 34.6 Å².